The molecule has 2 saturated heterocycles. The molecule has 15 heavy (non-hydrogen) atoms. The Morgan fingerprint density at radius 3 is 2.87 bits per heavy atom. The van der Waals surface area contributed by atoms with Crippen LogP contribution in [0, 0.1) is 11.8 Å². The first-order valence-electron chi connectivity index (χ1n) is 6.37. The summed E-state index contributed by atoms with van der Waals surface area (Å²) in [5.74, 6) is 1.58. The summed E-state index contributed by atoms with van der Waals surface area (Å²) >= 11 is 0. The van der Waals surface area contributed by atoms with Gasteiger partial charge in [0.1, 0.15) is 0 Å². The SMILES string of the molecule is O=C(C1CC1)N1CC[C@@H]2NCCC[C@@H]2C1. The summed E-state index contributed by atoms with van der Waals surface area (Å²) in [4.78, 5) is 14.1. The van der Waals surface area contributed by atoms with Crippen molar-refractivity contribution in [2.24, 2.45) is 11.8 Å². The number of fused-ring (bicyclic) bond motifs is 1. The lowest BCUT2D eigenvalue weighted by Crippen LogP contribution is -2.53. The molecule has 0 aromatic heterocycles. The zero-order chi connectivity index (χ0) is 10.3. The molecule has 0 unspecified atom stereocenters. The third kappa shape index (κ3) is 1.89. The van der Waals surface area contributed by atoms with E-state index in [9.17, 15) is 4.79 Å². The summed E-state index contributed by atoms with van der Waals surface area (Å²) in [6.07, 6.45) is 6.05. The number of hydrogen-bond donors (Lipinski definition) is 1. The molecule has 1 amide bonds. The maximum Gasteiger partial charge on any atom is 0.225 e. The smallest absolute Gasteiger partial charge is 0.225 e. The van der Waals surface area contributed by atoms with Gasteiger partial charge in [-0.3, -0.25) is 4.79 Å². The van der Waals surface area contributed by atoms with Gasteiger partial charge in [-0.15, -0.1) is 0 Å². The van der Waals surface area contributed by atoms with Crippen molar-refractivity contribution in [3.63, 3.8) is 0 Å². The molecule has 0 bridgehead atoms. The van der Waals surface area contributed by atoms with E-state index in [1.165, 1.54) is 25.8 Å². The van der Waals surface area contributed by atoms with E-state index in [4.69, 9.17) is 0 Å². The lowest BCUT2D eigenvalue weighted by molar-refractivity contribution is -0.135. The Labute approximate surface area is 91.2 Å². The predicted molar refractivity (Wildman–Crippen MR) is 58.4 cm³/mol. The second-order valence-corrected chi connectivity index (χ2v) is 5.31. The van der Waals surface area contributed by atoms with Crippen molar-refractivity contribution in [1.82, 2.24) is 10.2 Å². The highest BCUT2D eigenvalue weighted by atomic mass is 16.2. The number of likely N-dealkylation sites (tertiary alicyclic amines) is 1. The highest BCUT2D eigenvalue weighted by Gasteiger charge is 2.38. The van der Waals surface area contributed by atoms with Gasteiger partial charge in [0.15, 0.2) is 0 Å². The monoisotopic (exact) mass is 208 g/mol. The maximum absolute atomic E-state index is 11.9. The Kier molecular flexibility index (Phi) is 2.43. The van der Waals surface area contributed by atoms with Crippen LogP contribution in [-0.2, 0) is 4.79 Å². The molecule has 84 valence electrons. The van der Waals surface area contributed by atoms with Gasteiger partial charge in [0.05, 0.1) is 0 Å². The zero-order valence-corrected chi connectivity index (χ0v) is 9.24. The Morgan fingerprint density at radius 2 is 2.07 bits per heavy atom. The molecule has 3 fully saturated rings. The second kappa shape index (κ2) is 3.78. The summed E-state index contributed by atoms with van der Waals surface area (Å²) in [5, 5.41) is 3.59. The van der Waals surface area contributed by atoms with Crippen molar-refractivity contribution in [2.75, 3.05) is 19.6 Å². The second-order valence-electron chi connectivity index (χ2n) is 5.31. The van der Waals surface area contributed by atoms with Gasteiger partial charge in [0, 0.05) is 25.0 Å². The van der Waals surface area contributed by atoms with Crippen LogP contribution in [0.1, 0.15) is 32.1 Å². The van der Waals surface area contributed by atoms with Gasteiger partial charge in [0.25, 0.3) is 0 Å². The van der Waals surface area contributed by atoms with E-state index in [2.05, 4.69) is 10.2 Å². The molecule has 0 radical (unpaired) electrons. The molecule has 1 N–H and O–H groups in total. The summed E-state index contributed by atoms with van der Waals surface area (Å²) in [7, 11) is 0. The third-order valence-electron chi connectivity index (χ3n) is 4.13. The van der Waals surface area contributed by atoms with E-state index in [1.54, 1.807) is 0 Å². The minimum atomic E-state index is 0.401. The van der Waals surface area contributed by atoms with Gasteiger partial charge in [-0.05, 0) is 44.6 Å². The first-order chi connectivity index (χ1) is 7.34. The van der Waals surface area contributed by atoms with Gasteiger partial charge in [-0.25, -0.2) is 0 Å². The van der Waals surface area contributed by atoms with Crippen molar-refractivity contribution >= 4 is 5.91 Å². The minimum absolute atomic E-state index is 0.401. The first kappa shape index (κ1) is 9.64. The molecule has 0 aromatic carbocycles. The van der Waals surface area contributed by atoms with E-state index >= 15 is 0 Å². The van der Waals surface area contributed by atoms with Crippen molar-refractivity contribution in [2.45, 2.75) is 38.1 Å². The normalized spacial score (nSPS) is 36.1. The highest BCUT2D eigenvalue weighted by Crippen LogP contribution is 2.33. The average molecular weight is 208 g/mol. The fraction of sp³-hybridized carbons (Fsp3) is 0.917. The standard InChI is InChI=1S/C12H20N2O/c15-12(9-3-4-9)14-7-5-11-10(8-14)2-1-6-13-11/h9-11,13H,1-8H2/t10-,11+/m1/s1. The molecule has 3 heteroatoms. The van der Waals surface area contributed by atoms with E-state index in [-0.39, 0.29) is 0 Å². The Bertz CT molecular complexity index is 262. The summed E-state index contributed by atoms with van der Waals surface area (Å²) < 4.78 is 0. The number of nitrogens with one attached hydrogen (secondary N) is 1. The van der Waals surface area contributed by atoms with Crippen LogP contribution in [0.4, 0.5) is 0 Å². The van der Waals surface area contributed by atoms with E-state index in [1.807, 2.05) is 0 Å². The van der Waals surface area contributed by atoms with Crippen LogP contribution in [-0.4, -0.2) is 36.5 Å². The third-order valence-corrected chi connectivity index (χ3v) is 4.13. The van der Waals surface area contributed by atoms with Gasteiger partial charge in [-0.1, -0.05) is 0 Å². The van der Waals surface area contributed by atoms with Crippen LogP contribution in [0.15, 0.2) is 0 Å². The Morgan fingerprint density at radius 1 is 1.20 bits per heavy atom. The highest BCUT2D eigenvalue weighted by molar-refractivity contribution is 5.81. The molecule has 0 aromatic rings. The molecule has 0 spiro atoms. The number of amides is 1. The quantitative estimate of drug-likeness (QED) is 0.697. The van der Waals surface area contributed by atoms with E-state index in [0.717, 1.165) is 31.8 Å². The molecule has 2 atom stereocenters. The topological polar surface area (TPSA) is 32.3 Å². The van der Waals surface area contributed by atoms with Crippen molar-refractivity contribution in [3.05, 3.63) is 0 Å². The predicted octanol–water partition coefficient (Wildman–Crippen LogP) is 0.997. The van der Waals surface area contributed by atoms with E-state index < -0.39 is 0 Å². The van der Waals surface area contributed by atoms with Crippen LogP contribution in [0.3, 0.4) is 0 Å². The Hall–Kier alpha value is -0.570. The van der Waals surface area contributed by atoms with E-state index in [0.29, 0.717) is 17.9 Å². The first-order valence-corrected chi connectivity index (χ1v) is 6.37. The fourth-order valence-corrected chi connectivity index (χ4v) is 3.03. The molecule has 2 heterocycles. The largest absolute Gasteiger partial charge is 0.342 e. The number of hydrogen-bond acceptors (Lipinski definition) is 2. The van der Waals surface area contributed by atoms with Gasteiger partial charge < -0.3 is 10.2 Å². The molecule has 2 aliphatic heterocycles. The molecule has 3 nitrogen and oxygen atoms in total. The fourth-order valence-electron chi connectivity index (χ4n) is 3.03. The minimum Gasteiger partial charge on any atom is -0.342 e. The summed E-state index contributed by atoms with van der Waals surface area (Å²) in [6, 6.07) is 0.696. The number of carbonyl (C=O) groups is 1. The van der Waals surface area contributed by atoms with Crippen LogP contribution in [0.25, 0.3) is 0 Å². The lowest BCUT2D eigenvalue weighted by atomic mass is 9.85. The van der Waals surface area contributed by atoms with Gasteiger partial charge in [-0.2, -0.15) is 0 Å². The zero-order valence-electron chi connectivity index (χ0n) is 9.24. The number of piperidine rings is 2. The van der Waals surface area contributed by atoms with Crippen molar-refractivity contribution in [3.8, 4) is 0 Å². The lowest BCUT2D eigenvalue weighted by Gasteiger charge is -2.41. The van der Waals surface area contributed by atoms with Crippen LogP contribution in [0.5, 0.6) is 0 Å². The van der Waals surface area contributed by atoms with Gasteiger partial charge in [0.2, 0.25) is 5.91 Å². The molecule has 1 aliphatic carbocycles. The average Bonchev–Trinajstić information content (AvgIpc) is 3.11. The Balaban J connectivity index is 1.61. The van der Waals surface area contributed by atoms with Crippen LogP contribution >= 0.6 is 0 Å². The van der Waals surface area contributed by atoms with Crippen LogP contribution in [0.2, 0.25) is 0 Å². The molecule has 3 aliphatic rings. The number of carbonyl (C=O) groups excluding carboxylic acids is 1. The van der Waals surface area contributed by atoms with Gasteiger partial charge >= 0.3 is 0 Å². The maximum atomic E-state index is 11.9. The van der Waals surface area contributed by atoms with Crippen molar-refractivity contribution in [1.29, 1.82) is 0 Å². The molecular weight excluding hydrogens is 188 g/mol. The summed E-state index contributed by atoms with van der Waals surface area (Å²) in [5.41, 5.74) is 0. The number of rotatable bonds is 1. The molecule has 1 saturated carbocycles. The van der Waals surface area contributed by atoms with Crippen molar-refractivity contribution < 1.29 is 4.79 Å². The molecular formula is C12H20N2O. The van der Waals surface area contributed by atoms with Crippen LogP contribution < -0.4 is 5.32 Å². The number of nitrogens with zero attached hydrogens (tertiary/aromatic N) is 1. The molecule has 3 rings (SSSR count). The summed E-state index contributed by atoms with van der Waals surface area (Å²) in [6.45, 7) is 3.19.